The second kappa shape index (κ2) is 5.87. The van der Waals surface area contributed by atoms with Gasteiger partial charge in [-0.1, -0.05) is 12.8 Å². The molecule has 1 amide bonds. The van der Waals surface area contributed by atoms with Crippen molar-refractivity contribution in [1.29, 1.82) is 5.26 Å². The predicted octanol–water partition coefficient (Wildman–Crippen LogP) is 2.07. The molecule has 106 valence electrons. The van der Waals surface area contributed by atoms with E-state index >= 15 is 0 Å². The lowest BCUT2D eigenvalue weighted by Gasteiger charge is -2.30. The van der Waals surface area contributed by atoms with Crippen LogP contribution in [0, 0.1) is 23.0 Å². The maximum absolute atomic E-state index is 14.1. The van der Waals surface area contributed by atoms with Crippen molar-refractivity contribution in [3.8, 4) is 6.07 Å². The van der Waals surface area contributed by atoms with Crippen molar-refractivity contribution in [2.75, 3.05) is 11.4 Å². The van der Waals surface area contributed by atoms with E-state index in [4.69, 9.17) is 11.0 Å². The molecule has 0 radical (unpaired) electrons. The van der Waals surface area contributed by atoms with E-state index in [9.17, 15) is 13.6 Å². The van der Waals surface area contributed by atoms with Crippen LogP contribution < -0.4 is 10.6 Å². The molecule has 0 bridgehead atoms. The number of halogens is 2. The van der Waals surface area contributed by atoms with Crippen molar-refractivity contribution < 1.29 is 13.6 Å². The number of hydrogen-bond acceptors (Lipinski definition) is 3. The summed E-state index contributed by atoms with van der Waals surface area (Å²) in [6.07, 6.45) is 3.60. The molecule has 0 heterocycles. The number of carbonyl (C=O) groups is 1. The van der Waals surface area contributed by atoms with Gasteiger partial charge in [0.2, 0.25) is 5.91 Å². The van der Waals surface area contributed by atoms with Crippen LogP contribution in [0.2, 0.25) is 0 Å². The summed E-state index contributed by atoms with van der Waals surface area (Å²) in [7, 11) is 0. The SMILES string of the molecule is N#Cc1ccc(N(CC(N)=O)C2CCCC2)c(F)c1F. The minimum atomic E-state index is -1.18. The lowest BCUT2D eigenvalue weighted by molar-refractivity contribution is -0.116. The summed E-state index contributed by atoms with van der Waals surface area (Å²) in [4.78, 5) is 12.7. The monoisotopic (exact) mass is 279 g/mol. The van der Waals surface area contributed by atoms with Crippen molar-refractivity contribution in [1.82, 2.24) is 0 Å². The van der Waals surface area contributed by atoms with Gasteiger partial charge >= 0.3 is 0 Å². The summed E-state index contributed by atoms with van der Waals surface area (Å²) in [6.45, 7) is -0.160. The van der Waals surface area contributed by atoms with E-state index in [1.807, 2.05) is 0 Å². The summed E-state index contributed by atoms with van der Waals surface area (Å²) >= 11 is 0. The molecule has 1 aliphatic carbocycles. The average Bonchev–Trinajstić information content (AvgIpc) is 2.93. The number of nitriles is 1. The average molecular weight is 279 g/mol. The van der Waals surface area contributed by atoms with Crippen LogP contribution in [0.4, 0.5) is 14.5 Å². The first-order chi connectivity index (χ1) is 9.54. The molecule has 1 aromatic carbocycles. The van der Waals surface area contributed by atoms with Gasteiger partial charge in [-0.25, -0.2) is 8.78 Å². The van der Waals surface area contributed by atoms with Crippen LogP contribution in [-0.2, 0) is 4.79 Å². The number of rotatable bonds is 4. The third-order valence-electron chi connectivity index (χ3n) is 3.58. The molecule has 0 unspecified atom stereocenters. The lowest BCUT2D eigenvalue weighted by Crippen LogP contribution is -2.40. The molecule has 20 heavy (non-hydrogen) atoms. The number of nitrogens with two attached hydrogens (primary N) is 1. The van der Waals surface area contributed by atoms with Crippen molar-refractivity contribution in [3.63, 3.8) is 0 Å². The molecular formula is C14H15F2N3O. The van der Waals surface area contributed by atoms with Gasteiger partial charge in [-0.3, -0.25) is 4.79 Å². The molecule has 2 N–H and O–H groups in total. The van der Waals surface area contributed by atoms with Crippen LogP contribution in [0.3, 0.4) is 0 Å². The highest BCUT2D eigenvalue weighted by Gasteiger charge is 2.27. The van der Waals surface area contributed by atoms with Crippen LogP contribution in [0.25, 0.3) is 0 Å². The smallest absolute Gasteiger partial charge is 0.236 e. The highest BCUT2D eigenvalue weighted by Crippen LogP contribution is 2.31. The summed E-state index contributed by atoms with van der Waals surface area (Å²) in [5.41, 5.74) is 4.84. The maximum Gasteiger partial charge on any atom is 0.236 e. The Morgan fingerprint density at radius 3 is 2.55 bits per heavy atom. The van der Waals surface area contributed by atoms with E-state index in [0.29, 0.717) is 0 Å². The first kappa shape index (κ1) is 14.3. The highest BCUT2D eigenvalue weighted by atomic mass is 19.2. The fraction of sp³-hybridized carbons (Fsp3) is 0.429. The highest BCUT2D eigenvalue weighted by molar-refractivity contribution is 5.80. The van der Waals surface area contributed by atoms with Crippen LogP contribution >= 0.6 is 0 Å². The van der Waals surface area contributed by atoms with Crippen molar-refractivity contribution in [3.05, 3.63) is 29.3 Å². The Labute approximate surface area is 115 Å². The van der Waals surface area contributed by atoms with Gasteiger partial charge in [0.05, 0.1) is 17.8 Å². The van der Waals surface area contributed by atoms with Gasteiger partial charge in [0, 0.05) is 6.04 Å². The van der Waals surface area contributed by atoms with Crippen molar-refractivity contribution >= 4 is 11.6 Å². The zero-order valence-electron chi connectivity index (χ0n) is 10.9. The largest absolute Gasteiger partial charge is 0.368 e. The van der Waals surface area contributed by atoms with Gasteiger partial charge < -0.3 is 10.6 Å². The lowest BCUT2D eigenvalue weighted by atomic mass is 10.1. The first-order valence-electron chi connectivity index (χ1n) is 6.47. The number of primary amides is 1. The summed E-state index contributed by atoms with van der Waals surface area (Å²) in [5.74, 6) is -2.88. The minimum Gasteiger partial charge on any atom is -0.368 e. The summed E-state index contributed by atoms with van der Waals surface area (Å²) in [6, 6.07) is 4.11. The van der Waals surface area contributed by atoms with Gasteiger partial charge in [-0.05, 0) is 25.0 Å². The van der Waals surface area contributed by atoms with E-state index in [0.717, 1.165) is 25.7 Å². The van der Waals surface area contributed by atoms with Crippen molar-refractivity contribution in [2.24, 2.45) is 5.73 Å². The van der Waals surface area contributed by atoms with Gasteiger partial charge in [-0.2, -0.15) is 5.26 Å². The quantitative estimate of drug-likeness (QED) is 0.917. The van der Waals surface area contributed by atoms with Gasteiger partial charge in [0.25, 0.3) is 0 Å². The molecule has 1 aliphatic rings. The Balaban J connectivity index is 2.40. The number of amides is 1. The van der Waals surface area contributed by atoms with Crippen LogP contribution in [-0.4, -0.2) is 18.5 Å². The molecule has 6 heteroatoms. The van der Waals surface area contributed by atoms with Gasteiger partial charge in [0.15, 0.2) is 11.6 Å². The fourth-order valence-electron chi connectivity index (χ4n) is 2.64. The van der Waals surface area contributed by atoms with E-state index in [1.165, 1.54) is 17.0 Å². The van der Waals surface area contributed by atoms with E-state index in [1.54, 1.807) is 6.07 Å². The number of hydrogen-bond donors (Lipinski definition) is 1. The molecule has 1 aromatic rings. The van der Waals surface area contributed by atoms with Crippen LogP contribution in [0.1, 0.15) is 31.2 Å². The van der Waals surface area contributed by atoms with E-state index < -0.39 is 17.5 Å². The summed E-state index contributed by atoms with van der Waals surface area (Å²) in [5, 5.41) is 8.68. The Hall–Kier alpha value is -2.16. The van der Waals surface area contributed by atoms with Crippen LogP contribution in [0.5, 0.6) is 0 Å². The Morgan fingerprint density at radius 2 is 2.00 bits per heavy atom. The Kier molecular flexibility index (Phi) is 4.18. The summed E-state index contributed by atoms with van der Waals surface area (Å²) < 4.78 is 27.8. The number of anilines is 1. The molecule has 1 fully saturated rings. The normalized spacial score (nSPS) is 15.1. The standard InChI is InChI=1S/C14H15F2N3O/c15-13-9(7-17)5-6-11(14(13)16)19(8-12(18)20)10-3-1-2-4-10/h5-6,10H,1-4,8H2,(H2,18,20). The molecule has 0 saturated heterocycles. The van der Waals surface area contributed by atoms with E-state index in [-0.39, 0.29) is 23.8 Å². The van der Waals surface area contributed by atoms with E-state index in [2.05, 4.69) is 0 Å². The molecule has 0 aromatic heterocycles. The zero-order chi connectivity index (χ0) is 14.7. The second-order valence-electron chi connectivity index (χ2n) is 4.90. The van der Waals surface area contributed by atoms with Crippen molar-refractivity contribution in [2.45, 2.75) is 31.7 Å². The Morgan fingerprint density at radius 1 is 1.35 bits per heavy atom. The molecule has 1 saturated carbocycles. The van der Waals surface area contributed by atoms with Crippen LogP contribution in [0.15, 0.2) is 12.1 Å². The first-order valence-corrected chi connectivity index (χ1v) is 6.47. The second-order valence-corrected chi connectivity index (χ2v) is 4.90. The molecule has 0 aliphatic heterocycles. The van der Waals surface area contributed by atoms with Gasteiger partial charge in [0.1, 0.15) is 6.07 Å². The number of nitrogens with zero attached hydrogens (tertiary/aromatic N) is 2. The molecule has 2 rings (SSSR count). The molecule has 4 nitrogen and oxygen atoms in total. The topological polar surface area (TPSA) is 70.1 Å². The zero-order valence-corrected chi connectivity index (χ0v) is 10.9. The third kappa shape index (κ3) is 2.72. The fourth-order valence-corrected chi connectivity index (χ4v) is 2.64. The minimum absolute atomic E-state index is 0.00722. The maximum atomic E-state index is 14.1. The van der Waals surface area contributed by atoms with Gasteiger partial charge in [-0.15, -0.1) is 0 Å². The molecular weight excluding hydrogens is 264 g/mol. The molecule has 0 atom stereocenters. The Bertz CT molecular complexity index is 562. The predicted molar refractivity (Wildman–Crippen MR) is 69.9 cm³/mol. The number of carbonyl (C=O) groups excluding carboxylic acids is 1. The molecule has 0 spiro atoms. The third-order valence-corrected chi connectivity index (χ3v) is 3.58. The number of benzene rings is 1.